The van der Waals surface area contributed by atoms with Crippen LogP contribution in [0.3, 0.4) is 0 Å². The summed E-state index contributed by atoms with van der Waals surface area (Å²) in [4.78, 5) is 33.4. The molecular formula is C36H43F2N3O5. The molecule has 1 amide bonds. The van der Waals surface area contributed by atoms with E-state index in [1.165, 1.54) is 7.11 Å². The van der Waals surface area contributed by atoms with Gasteiger partial charge in [-0.2, -0.15) is 0 Å². The van der Waals surface area contributed by atoms with Crippen molar-refractivity contribution < 1.29 is 33.0 Å². The standard InChI is InChI=1S/C36H43F2N3O5/c1-35(2,3)22-41(32-10-5-6-16-39-32)33(42)29-14-13-27(45-4)20-31(29)40-17-15-26(36(37,38)23-40)21-46-28-9-7-8-24(18-28)19-30(34(43)44)25-11-12-25/h5-10,13-14,16,18,20,25-26,30H,11-12,15,17,19,21-23H2,1-4H3,(H,43,44)/t26-,30-/m0/s1. The van der Waals surface area contributed by atoms with Gasteiger partial charge in [-0.1, -0.05) is 39.0 Å². The second kappa shape index (κ2) is 13.6. The molecule has 0 radical (unpaired) electrons. The number of hydrogen-bond acceptors (Lipinski definition) is 6. The Labute approximate surface area is 269 Å². The minimum absolute atomic E-state index is 0.145. The number of nitrogens with zero attached hydrogens (tertiary/aromatic N) is 3. The van der Waals surface area contributed by atoms with Crippen LogP contribution in [0.4, 0.5) is 20.3 Å². The first kappa shape index (κ1) is 33.2. The zero-order valence-electron chi connectivity index (χ0n) is 26.9. The van der Waals surface area contributed by atoms with Gasteiger partial charge in [-0.25, -0.2) is 13.8 Å². The SMILES string of the molecule is COc1ccc(C(=O)N(CC(C)(C)C)c2ccccn2)c(N2CC[C@@H](COc3cccc(C[C@H](C(=O)O)C4CC4)c3)C(F)(F)C2)c1. The average molecular weight is 636 g/mol. The fourth-order valence-electron chi connectivity index (χ4n) is 6.03. The van der Waals surface area contributed by atoms with Crippen molar-refractivity contribution in [3.8, 4) is 11.5 Å². The number of benzene rings is 2. The second-order valence-electron chi connectivity index (χ2n) is 13.6. The van der Waals surface area contributed by atoms with Gasteiger partial charge in [0.1, 0.15) is 17.3 Å². The summed E-state index contributed by atoms with van der Waals surface area (Å²) in [6.45, 7) is 5.98. The predicted molar refractivity (Wildman–Crippen MR) is 173 cm³/mol. The van der Waals surface area contributed by atoms with Gasteiger partial charge < -0.3 is 19.5 Å². The van der Waals surface area contributed by atoms with E-state index >= 15 is 8.78 Å². The highest BCUT2D eigenvalue weighted by molar-refractivity contribution is 6.09. The predicted octanol–water partition coefficient (Wildman–Crippen LogP) is 6.98. The molecule has 2 fully saturated rings. The lowest BCUT2D eigenvalue weighted by atomic mass is 9.92. The summed E-state index contributed by atoms with van der Waals surface area (Å²) in [5, 5.41) is 9.60. The van der Waals surface area contributed by atoms with Crippen LogP contribution < -0.4 is 19.3 Å². The maximum Gasteiger partial charge on any atom is 0.307 e. The number of pyridine rings is 1. The molecule has 2 aliphatic rings. The number of carbonyl (C=O) groups is 2. The van der Waals surface area contributed by atoms with Crippen molar-refractivity contribution in [2.45, 2.75) is 52.4 Å². The first-order chi connectivity index (χ1) is 21.8. The smallest absolute Gasteiger partial charge is 0.307 e. The zero-order chi connectivity index (χ0) is 33.1. The van der Waals surface area contributed by atoms with Gasteiger partial charge in [0.25, 0.3) is 11.8 Å². The minimum Gasteiger partial charge on any atom is -0.497 e. The molecule has 0 unspecified atom stereocenters. The number of halogens is 2. The topological polar surface area (TPSA) is 92.2 Å². The quantitative estimate of drug-likeness (QED) is 0.230. The van der Waals surface area contributed by atoms with E-state index in [0.29, 0.717) is 48.1 Å². The van der Waals surface area contributed by atoms with Crippen LogP contribution in [0.25, 0.3) is 0 Å². The van der Waals surface area contributed by atoms with Crippen molar-refractivity contribution >= 4 is 23.4 Å². The summed E-state index contributed by atoms with van der Waals surface area (Å²) in [7, 11) is 1.50. The van der Waals surface area contributed by atoms with Crippen LogP contribution >= 0.6 is 0 Å². The van der Waals surface area contributed by atoms with Crippen LogP contribution in [0.2, 0.25) is 0 Å². The fraction of sp³-hybridized carbons (Fsp3) is 0.472. The molecule has 1 aromatic heterocycles. The van der Waals surface area contributed by atoms with E-state index in [4.69, 9.17) is 9.47 Å². The van der Waals surface area contributed by atoms with Crippen LogP contribution in [-0.4, -0.2) is 61.2 Å². The molecule has 1 saturated carbocycles. The van der Waals surface area contributed by atoms with Gasteiger partial charge >= 0.3 is 5.97 Å². The normalized spacial score (nSPS) is 18.5. The van der Waals surface area contributed by atoms with Crippen LogP contribution in [-0.2, 0) is 11.2 Å². The van der Waals surface area contributed by atoms with E-state index in [9.17, 15) is 14.7 Å². The third-order valence-electron chi connectivity index (χ3n) is 8.64. The number of piperidine rings is 1. The lowest BCUT2D eigenvalue weighted by Gasteiger charge is -2.40. The Morgan fingerprint density at radius 2 is 1.85 bits per heavy atom. The Morgan fingerprint density at radius 3 is 2.48 bits per heavy atom. The Bertz CT molecular complexity index is 1520. The van der Waals surface area contributed by atoms with Crippen LogP contribution in [0.15, 0.2) is 66.9 Å². The van der Waals surface area contributed by atoms with E-state index in [1.807, 2.05) is 32.9 Å². The summed E-state index contributed by atoms with van der Waals surface area (Å²) in [5.74, 6) is -4.12. The maximum absolute atomic E-state index is 15.8. The molecule has 1 N–H and O–H groups in total. The molecule has 8 nitrogen and oxygen atoms in total. The number of alkyl halides is 2. The van der Waals surface area contributed by atoms with Crippen molar-refractivity contribution in [2.24, 2.45) is 23.2 Å². The van der Waals surface area contributed by atoms with Crippen molar-refractivity contribution in [3.63, 3.8) is 0 Å². The van der Waals surface area contributed by atoms with E-state index in [-0.39, 0.29) is 30.3 Å². The number of anilines is 2. The highest BCUT2D eigenvalue weighted by Gasteiger charge is 2.46. The Kier molecular flexibility index (Phi) is 9.84. The Hall–Kier alpha value is -4.21. The van der Waals surface area contributed by atoms with Crippen molar-refractivity contribution in [2.75, 3.05) is 43.2 Å². The van der Waals surface area contributed by atoms with Crippen LogP contribution in [0, 0.1) is 23.2 Å². The van der Waals surface area contributed by atoms with E-state index in [0.717, 1.165) is 18.4 Å². The second-order valence-corrected chi connectivity index (χ2v) is 13.6. The van der Waals surface area contributed by atoms with Crippen molar-refractivity contribution in [3.05, 3.63) is 78.0 Å². The van der Waals surface area contributed by atoms with Gasteiger partial charge in [-0.3, -0.25) is 14.5 Å². The van der Waals surface area contributed by atoms with Crippen LogP contribution in [0.5, 0.6) is 11.5 Å². The average Bonchev–Trinajstić information content (AvgIpc) is 3.86. The van der Waals surface area contributed by atoms with Crippen molar-refractivity contribution in [1.29, 1.82) is 0 Å². The number of ether oxygens (including phenoxy) is 2. The van der Waals surface area contributed by atoms with Gasteiger partial charge in [-0.05, 0) is 79.0 Å². The summed E-state index contributed by atoms with van der Waals surface area (Å²) in [6, 6.07) is 17.4. The molecule has 2 atom stereocenters. The molecule has 1 aliphatic carbocycles. The van der Waals surface area contributed by atoms with Gasteiger partial charge in [0.15, 0.2) is 0 Å². The number of methoxy groups -OCH3 is 1. The Morgan fingerprint density at radius 1 is 1.07 bits per heavy atom. The molecule has 246 valence electrons. The summed E-state index contributed by atoms with van der Waals surface area (Å²) in [6.07, 6.45) is 4.00. The molecule has 46 heavy (non-hydrogen) atoms. The zero-order valence-corrected chi connectivity index (χ0v) is 26.9. The highest BCUT2D eigenvalue weighted by Crippen LogP contribution is 2.40. The van der Waals surface area contributed by atoms with Gasteiger partial charge in [0.2, 0.25) is 0 Å². The number of amides is 1. The lowest BCUT2D eigenvalue weighted by Crippen LogP contribution is -2.51. The number of aromatic nitrogens is 1. The Balaban J connectivity index is 1.31. The first-order valence-corrected chi connectivity index (χ1v) is 15.8. The number of carboxylic acids is 1. The molecule has 0 bridgehead atoms. The number of carboxylic acid groups (broad SMARTS) is 1. The summed E-state index contributed by atoms with van der Waals surface area (Å²) < 4.78 is 42.9. The number of rotatable bonds is 12. The number of hydrogen-bond donors (Lipinski definition) is 1. The third-order valence-corrected chi connectivity index (χ3v) is 8.64. The molecule has 3 aromatic rings. The third kappa shape index (κ3) is 8.13. The molecule has 10 heteroatoms. The van der Waals surface area contributed by atoms with Gasteiger partial charge in [0, 0.05) is 25.4 Å². The minimum atomic E-state index is -3.11. The van der Waals surface area contributed by atoms with E-state index < -0.39 is 30.3 Å². The number of aliphatic carboxylic acids is 1. The van der Waals surface area contributed by atoms with E-state index in [2.05, 4.69) is 4.98 Å². The lowest BCUT2D eigenvalue weighted by molar-refractivity contribution is -0.142. The highest BCUT2D eigenvalue weighted by atomic mass is 19.3. The summed E-state index contributed by atoms with van der Waals surface area (Å²) in [5.41, 5.74) is 1.25. The fourth-order valence-corrected chi connectivity index (χ4v) is 6.03. The molecule has 1 aliphatic heterocycles. The maximum atomic E-state index is 15.8. The summed E-state index contributed by atoms with van der Waals surface area (Å²) >= 11 is 0. The first-order valence-electron chi connectivity index (χ1n) is 15.8. The molecule has 2 heterocycles. The molecule has 1 saturated heterocycles. The monoisotopic (exact) mass is 635 g/mol. The largest absolute Gasteiger partial charge is 0.497 e. The van der Waals surface area contributed by atoms with Crippen molar-refractivity contribution in [1.82, 2.24) is 4.98 Å². The molecule has 5 rings (SSSR count). The molecular weight excluding hydrogens is 592 g/mol. The number of carbonyl (C=O) groups excluding carboxylic acids is 1. The molecule has 0 spiro atoms. The van der Waals surface area contributed by atoms with Gasteiger partial charge in [-0.15, -0.1) is 0 Å². The van der Waals surface area contributed by atoms with Crippen LogP contribution in [0.1, 0.15) is 56.0 Å². The van der Waals surface area contributed by atoms with Gasteiger partial charge in [0.05, 0.1) is 43.3 Å². The molecule has 2 aromatic carbocycles. The van der Waals surface area contributed by atoms with E-state index in [1.54, 1.807) is 64.5 Å².